The number of allylic oxidation sites excluding steroid dienone is 2. The van der Waals surface area contributed by atoms with Crippen molar-refractivity contribution < 1.29 is 0 Å². The van der Waals surface area contributed by atoms with Gasteiger partial charge >= 0.3 is 0 Å². The van der Waals surface area contributed by atoms with Crippen molar-refractivity contribution in [3.8, 4) is 0 Å². The Bertz CT molecular complexity index is 706. The highest BCUT2D eigenvalue weighted by Gasteiger charge is 2.58. The lowest BCUT2D eigenvalue weighted by Gasteiger charge is -2.61. The minimum atomic E-state index is 0.384. The Kier molecular flexibility index (Phi) is 3.89. The van der Waals surface area contributed by atoms with Crippen LogP contribution in [0, 0.1) is 40.4 Å². The number of hydrogen-bond acceptors (Lipinski definition) is 1. The fraction of sp³-hybridized carbons (Fsp3) is 0.720. The molecular formula is C25H35N. The molecule has 5 rings (SSSR count). The van der Waals surface area contributed by atoms with Gasteiger partial charge in [-0.25, -0.2) is 0 Å². The Morgan fingerprint density at radius 3 is 2.73 bits per heavy atom. The van der Waals surface area contributed by atoms with Gasteiger partial charge in [0.15, 0.2) is 0 Å². The molecule has 0 N–H and O–H groups in total. The zero-order valence-corrected chi connectivity index (χ0v) is 16.9. The van der Waals surface area contributed by atoms with E-state index in [1.54, 1.807) is 5.57 Å². The molecule has 140 valence electrons. The summed E-state index contributed by atoms with van der Waals surface area (Å²) in [6.07, 6.45) is 18.2. The molecule has 26 heavy (non-hydrogen) atoms. The molecule has 0 aliphatic heterocycles. The lowest BCUT2D eigenvalue weighted by Crippen LogP contribution is -2.52. The van der Waals surface area contributed by atoms with Crippen LogP contribution in [0.1, 0.15) is 77.7 Å². The summed E-state index contributed by atoms with van der Waals surface area (Å²) in [5.74, 6) is 4.77. The van der Waals surface area contributed by atoms with Crippen LogP contribution in [0.5, 0.6) is 0 Å². The van der Waals surface area contributed by atoms with E-state index in [9.17, 15) is 0 Å². The first-order valence-corrected chi connectivity index (χ1v) is 11.1. The van der Waals surface area contributed by atoms with Crippen LogP contribution < -0.4 is 0 Å². The van der Waals surface area contributed by atoms with E-state index in [-0.39, 0.29) is 0 Å². The maximum Gasteiger partial charge on any atom is 0.0343 e. The maximum atomic E-state index is 4.41. The third kappa shape index (κ3) is 2.31. The third-order valence-corrected chi connectivity index (χ3v) is 9.48. The lowest BCUT2D eigenvalue weighted by molar-refractivity contribution is -0.103. The molecule has 1 heterocycles. The molecule has 3 saturated carbocycles. The number of hydrogen-bond donors (Lipinski definition) is 0. The van der Waals surface area contributed by atoms with Gasteiger partial charge in [0.05, 0.1) is 0 Å². The van der Waals surface area contributed by atoms with Crippen molar-refractivity contribution in [1.29, 1.82) is 0 Å². The zero-order valence-electron chi connectivity index (χ0n) is 16.9. The smallest absolute Gasteiger partial charge is 0.0343 e. The Labute approximate surface area is 159 Å². The van der Waals surface area contributed by atoms with Gasteiger partial charge in [-0.05, 0) is 103 Å². The van der Waals surface area contributed by atoms with Gasteiger partial charge in [0.1, 0.15) is 0 Å². The summed E-state index contributed by atoms with van der Waals surface area (Å²) in [5.41, 5.74) is 4.00. The van der Waals surface area contributed by atoms with E-state index < -0.39 is 0 Å². The molecule has 1 heteroatoms. The maximum absolute atomic E-state index is 4.41. The summed E-state index contributed by atoms with van der Waals surface area (Å²) < 4.78 is 0. The molecule has 1 unspecified atom stereocenters. The second-order valence-electron chi connectivity index (χ2n) is 10.6. The molecule has 0 bridgehead atoms. The van der Waals surface area contributed by atoms with Crippen molar-refractivity contribution >= 4 is 5.57 Å². The first-order chi connectivity index (χ1) is 12.5. The van der Waals surface area contributed by atoms with Gasteiger partial charge in [0, 0.05) is 12.4 Å². The number of nitrogens with zero attached hydrogens (tertiary/aromatic N) is 1. The average molecular weight is 350 g/mol. The second kappa shape index (κ2) is 5.94. The van der Waals surface area contributed by atoms with Crippen LogP contribution in [0.15, 0.2) is 30.6 Å². The Morgan fingerprint density at radius 2 is 1.92 bits per heavy atom. The van der Waals surface area contributed by atoms with E-state index in [1.807, 2.05) is 6.20 Å². The molecular weight excluding hydrogens is 314 g/mol. The van der Waals surface area contributed by atoms with Crippen LogP contribution in [0.25, 0.3) is 5.57 Å². The van der Waals surface area contributed by atoms with Crippen LogP contribution in [0.3, 0.4) is 0 Å². The standard InChI is InChI=1S/C25H35N/c1-17-10-12-24(2)19(15-17)6-7-20-22-9-8-21(18-5-4-14-26-16-18)25(22,3)13-11-23(20)24/h4-5,8,14,16-17,19-20,22-23H,6-7,9-13,15H2,1-3H3/t17-,19?,20-,22-,23-,24-,25+/m0/s1. The number of rotatable bonds is 1. The van der Waals surface area contributed by atoms with Gasteiger partial charge in [-0.3, -0.25) is 4.98 Å². The molecule has 1 nitrogen and oxygen atoms in total. The van der Waals surface area contributed by atoms with Crippen molar-refractivity contribution in [3.63, 3.8) is 0 Å². The fourth-order valence-corrected chi connectivity index (χ4v) is 8.01. The van der Waals surface area contributed by atoms with Gasteiger partial charge in [0.25, 0.3) is 0 Å². The Balaban J connectivity index is 1.44. The normalized spacial score (nSPS) is 47.5. The second-order valence-corrected chi connectivity index (χ2v) is 10.6. The highest BCUT2D eigenvalue weighted by atomic mass is 14.6. The van der Waals surface area contributed by atoms with Crippen LogP contribution in [0.4, 0.5) is 0 Å². The van der Waals surface area contributed by atoms with Gasteiger partial charge in [-0.2, -0.15) is 0 Å². The van der Waals surface area contributed by atoms with Gasteiger partial charge in [-0.1, -0.05) is 39.3 Å². The van der Waals surface area contributed by atoms with E-state index in [0.717, 1.165) is 29.6 Å². The van der Waals surface area contributed by atoms with Crippen molar-refractivity contribution in [2.45, 2.75) is 72.1 Å². The number of pyridine rings is 1. The SMILES string of the molecule is C[C@H]1CC[C@@]2(C)C(CC[C@@H]3[C@@H]2CC[C@]2(C)C(c4cccnc4)=CC[C@@H]32)C1. The van der Waals surface area contributed by atoms with Crippen LogP contribution in [0.2, 0.25) is 0 Å². The quantitative estimate of drug-likeness (QED) is 0.546. The lowest BCUT2D eigenvalue weighted by atomic mass is 9.44. The summed E-state index contributed by atoms with van der Waals surface area (Å²) in [6, 6.07) is 4.38. The van der Waals surface area contributed by atoms with Gasteiger partial charge in [-0.15, -0.1) is 0 Å². The number of fused-ring (bicyclic) bond motifs is 5. The van der Waals surface area contributed by atoms with Gasteiger partial charge in [0.2, 0.25) is 0 Å². The van der Waals surface area contributed by atoms with Crippen LogP contribution in [-0.4, -0.2) is 4.98 Å². The first-order valence-electron chi connectivity index (χ1n) is 11.1. The minimum Gasteiger partial charge on any atom is -0.264 e. The summed E-state index contributed by atoms with van der Waals surface area (Å²) in [7, 11) is 0. The molecule has 1 aromatic rings. The Hall–Kier alpha value is -1.11. The molecule has 1 aromatic heterocycles. The van der Waals surface area contributed by atoms with Crippen molar-refractivity contribution in [2.75, 3.05) is 0 Å². The third-order valence-electron chi connectivity index (χ3n) is 9.48. The summed E-state index contributed by atoms with van der Waals surface area (Å²) in [5, 5.41) is 0. The highest BCUT2D eigenvalue weighted by molar-refractivity contribution is 5.72. The highest BCUT2D eigenvalue weighted by Crippen LogP contribution is 2.67. The molecule has 7 atom stereocenters. The van der Waals surface area contributed by atoms with E-state index in [0.29, 0.717) is 10.8 Å². The van der Waals surface area contributed by atoms with E-state index in [2.05, 4.69) is 50.2 Å². The molecule has 0 spiro atoms. The minimum absolute atomic E-state index is 0.384. The molecule has 4 aliphatic rings. The summed E-state index contributed by atoms with van der Waals surface area (Å²) >= 11 is 0. The Morgan fingerprint density at radius 1 is 1.04 bits per heavy atom. The predicted octanol–water partition coefficient (Wildman–Crippen LogP) is 6.75. The summed E-state index contributed by atoms with van der Waals surface area (Å²) in [6.45, 7) is 7.76. The molecule has 4 aliphatic carbocycles. The molecule has 3 fully saturated rings. The van der Waals surface area contributed by atoms with Crippen molar-refractivity contribution in [2.24, 2.45) is 40.4 Å². The van der Waals surface area contributed by atoms with Gasteiger partial charge < -0.3 is 0 Å². The van der Waals surface area contributed by atoms with Crippen molar-refractivity contribution in [3.05, 3.63) is 36.2 Å². The molecule has 0 amide bonds. The fourth-order valence-electron chi connectivity index (χ4n) is 8.01. The first kappa shape index (κ1) is 17.0. The number of aromatic nitrogens is 1. The van der Waals surface area contributed by atoms with E-state index in [4.69, 9.17) is 0 Å². The predicted molar refractivity (Wildman–Crippen MR) is 108 cm³/mol. The van der Waals surface area contributed by atoms with Crippen LogP contribution >= 0.6 is 0 Å². The monoisotopic (exact) mass is 349 g/mol. The molecule has 0 radical (unpaired) electrons. The van der Waals surface area contributed by atoms with E-state index >= 15 is 0 Å². The average Bonchev–Trinajstić information content (AvgIpc) is 3.00. The van der Waals surface area contributed by atoms with E-state index in [1.165, 1.54) is 56.9 Å². The summed E-state index contributed by atoms with van der Waals surface area (Å²) in [4.78, 5) is 4.41. The largest absolute Gasteiger partial charge is 0.264 e. The topological polar surface area (TPSA) is 12.9 Å². The van der Waals surface area contributed by atoms with Crippen molar-refractivity contribution in [1.82, 2.24) is 4.98 Å². The molecule has 0 saturated heterocycles. The zero-order chi connectivity index (χ0) is 17.9. The molecule has 0 aromatic carbocycles. The van der Waals surface area contributed by atoms with Crippen LogP contribution in [-0.2, 0) is 0 Å².